The summed E-state index contributed by atoms with van der Waals surface area (Å²) >= 11 is 0. The number of hydrogen-bond acceptors (Lipinski definition) is 4. The summed E-state index contributed by atoms with van der Waals surface area (Å²) in [6.07, 6.45) is 1.65. The Morgan fingerprint density at radius 3 is 2.54 bits per heavy atom. The van der Waals surface area contributed by atoms with Crippen LogP contribution in [0.5, 0.6) is 0 Å². The number of esters is 1. The van der Waals surface area contributed by atoms with E-state index in [9.17, 15) is 9.59 Å². The summed E-state index contributed by atoms with van der Waals surface area (Å²) in [5.74, 6) is -0.784. The van der Waals surface area contributed by atoms with Crippen molar-refractivity contribution in [3.8, 4) is 0 Å². The van der Waals surface area contributed by atoms with Gasteiger partial charge in [-0.25, -0.2) is 0 Å². The van der Waals surface area contributed by atoms with E-state index >= 15 is 0 Å². The van der Waals surface area contributed by atoms with Crippen LogP contribution in [-0.4, -0.2) is 24.9 Å². The van der Waals surface area contributed by atoms with Crippen LogP contribution in [0.2, 0.25) is 0 Å². The maximum atomic E-state index is 11.5. The number of rotatable bonds is 1. The van der Waals surface area contributed by atoms with Crippen LogP contribution in [0.15, 0.2) is 0 Å². The standard InChI is InChI=1S/C9H13NO3/c1-13-9(12)6-4-2-3-5(7(6)10)8(4)11/h4-7H,2-3,10H2,1H3. The maximum absolute atomic E-state index is 11.5. The van der Waals surface area contributed by atoms with Gasteiger partial charge in [0.1, 0.15) is 5.78 Å². The van der Waals surface area contributed by atoms with Crippen LogP contribution in [0, 0.1) is 17.8 Å². The molecule has 2 fully saturated rings. The van der Waals surface area contributed by atoms with Gasteiger partial charge in [-0.15, -0.1) is 0 Å². The number of carbonyl (C=O) groups excluding carboxylic acids is 2. The van der Waals surface area contributed by atoms with Gasteiger partial charge in [0.2, 0.25) is 0 Å². The molecule has 2 rings (SSSR count). The first-order valence-corrected chi connectivity index (χ1v) is 4.54. The Kier molecular flexibility index (Phi) is 1.87. The highest BCUT2D eigenvalue weighted by Crippen LogP contribution is 2.45. The van der Waals surface area contributed by atoms with Crippen LogP contribution in [0.4, 0.5) is 0 Å². The van der Waals surface area contributed by atoms with Crippen molar-refractivity contribution in [2.24, 2.45) is 23.5 Å². The lowest BCUT2D eigenvalue weighted by atomic mass is 9.85. The van der Waals surface area contributed by atoms with Gasteiger partial charge in [0.05, 0.1) is 13.0 Å². The smallest absolute Gasteiger partial charge is 0.310 e. The molecule has 4 heteroatoms. The van der Waals surface area contributed by atoms with E-state index in [1.807, 2.05) is 0 Å². The van der Waals surface area contributed by atoms with Crippen LogP contribution in [-0.2, 0) is 14.3 Å². The largest absolute Gasteiger partial charge is 0.469 e. The van der Waals surface area contributed by atoms with Crippen molar-refractivity contribution in [3.05, 3.63) is 0 Å². The van der Waals surface area contributed by atoms with Gasteiger partial charge in [-0.3, -0.25) is 9.59 Å². The van der Waals surface area contributed by atoms with Crippen molar-refractivity contribution in [3.63, 3.8) is 0 Å². The van der Waals surface area contributed by atoms with Gasteiger partial charge in [0.15, 0.2) is 0 Å². The van der Waals surface area contributed by atoms with Gasteiger partial charge in [-0.05, 0) is 12.8 Å². The molecule has 0 heterocycles. The van der Waals surface area contributed by atoms with Crippen molar-refractivity contribution in [2.75, 3.05) is 7.11 Å². The third-order valence-corrected chi connectivity index (χ3v) is 3.31. The van der Waals surface area contributed by atoms with Crippen molar-refractivity contribution in [1.82, 2.24) is 0 Å². The molecule has 72 valence electrons. The predicted octanol–water partition coefficient (Wildman–Crippen LogP) is -0.288. The van der Waals surface area contributed by atoms with E-state index in [0.29, 0.717) is 0 Å². The van der Waals surface area contributed by atoms with Gasteiger partial charge < -0.3 is 10.5 Å². The molecule has 4 atom stereocenters. The zero-order chi connectivity index (χ0) is 9.59. The van der Waals surface area contributed by atoms with Crippen molar-refractivity contribution in [1.29, 1.82) is 0 Å². The molecule has 0 aromatic rings. The van der Waals surface area contributed by atoms with E-state index < -0.39 is 0 Å². The molecule has 2 aliphatic rings. The van der Waals surface area contributed by atoms with Crippen LogP contribution in [0.25, 0.3) is 0 Å². The molecule has 13 heavy (non-hydrogen) atoms. The summed E-state index contributed by atoms with van der Waals surface area (Å²) in [5, 5.41) is 0. The molecule has 0 radical (unpaired) electrons. The van der Waals surface area contributed by atoms with E-state index in [0.717, 1.165) is 12.8 Å². The molecule has 2 saturated carbocycles. The zero-order valence-corrected chi connectivity index (χ0v) is 7.53. The summed E-state index contributed by atoms with van der Waals surface area (Å²) in [7, 11) is 1.34. The Hall–Kier alpha value is -0.900. The zero-order valence-electron chi connectivity index (χ0n) is 7.53. The van der Waals surface area contributed by atoms with Gasteiger partial charge in [-0.1, -0.05) is 0 Å². The van der Waals surface area contributed by atoms with Gasteiger partial charge in [0, 0.05) is 17.9 Å². The van der Waals surface area contributed by atoms with Crippen molar-refractivity contribution < 1.29 is 14.3 Å². The Morgan fingerprint density at radius 1 is 1.46 bits per heavy atom. The molecule has 4 nitrogen and oxygen atoms in total. The quantitative estimate of drug-likeness (QED) is 0.567. The minimum Gasteiger partial charge on any atom is -0.469 e. The monoisotopic (exact) mass is 183 g/mol. The first-order chi connectivity index (χ1) is 6.16. The average molecular weight is 183 g/mol. The van der Waals surface area contributed by atoms with E-state index in [1.54, 1.807) is 0 Å². The van der Waals surface area contributed by atoms with E-state index in [2.05, 4.69) is 4.74 Å². The van der Waals surface area contributed by atoms with Crippen LogP contribution >= 0.6 is 0 Å². The first kappa shape index (κ1) is 8.69. The van der Waals surface area contributed by atoms with Gasteiger partial charge in [-0.2, -0.15) is 0 Å². The Bertz CT molecular complexity index is 264. The molecule has 0 spiro atoms. The molecule has 2 aliphatic carbocycles. The molecule has 2 bridgehead atoms. The second-order valence-corrected chi connectivity index (χ2v) is 3.82. The fourth-order valence-electron chi connectivity index (χ4n) is 2.63. The topological polar surface area (TPSA) is 69.4 Å². The normalized spacial score (nSPS) is 42.5. The number of hydrogen-bond donors (Lipinski definition) is 1. The predicted molar refractivity (Wildman–Crippen MR) is 44.7 cm³/mol. The minimum absolute atomic E-state index is 0.0888. The summed E-state index contributed by atoms with van der Waals surface area (Å²) in [6, 6.07) is -0.307. The van der Waals surface area contributed by atoms with Crippen LogP contribution in [0.1, 0.15) is 12.8 Å². The molecule has 4 unspecified atom stereocenters. The fraction of sp³-hybridized carbons (Fsp3) is 0.778. The number of methoxy groups -OCH3 is 1. The van der Waals surface area contributed by atoms with E-state index in [1.165, 1.54) is 7.11 Å². The second kappa shape index (κ2) is 2.80. The molecule has 0 aromatic heterocycles. The van der Waals surface area contributed by atoms with E-state index in [-0.39, 0.29) is 35.5 Å². The summed E-state index contributed by atoms with van der Waals surface area (Å²) < 4.78 is 4.63. The molecular weight excluding hydrogens is 170 g/mol. The Morgan fingerprint density at radius 2 is 2.08 bits per heavy atom. The summed E-state index contributed by atoms with van der Waals surface area (Å²) in [6.45, 7) is 0. The lowest BCUT2D eigenvalue weighted by Gasteiger charge is -2.23. The number of ketones is 1. The summed E-state index contributed by atoms with van der Waals surface area (Å²) in [5.41, 5.74) is 5.81. The number of ether oxygens (including phenoxy) is 1. The highest BCUT2D eigenvalue weighted by molar-refractivity contribution is 5.95. The molecule has 2 N–H and O–H groups in total. The highest BCUT2D eigenvalue weighted by Gasteiger charge is 2.55. The van der Waals surface area contributed by atoms with Crippen LogP contribution in [0.3, 0.4) is 0 Å². The lowest BCUT2D eigenvalue weighted by molar-refractivity contribution is -0.148. The van der Waals surface area contributed by atoms with Crippen LogP contribution < -0.4 is 5.73 Å². The molecule has 0 aromatic carbocycles. The molecule has 0 amide bonds. The second-order valence-electron chi connectivity index (χ2n) is 3.82. The molecular formula is C9H13NO3. The maximum Gasteiger partial charge on any atom is 0.310 e. The number of carbonyl (C=O) groups is 2. The fourth-order valence-corrected chi connectivity index (χ4v) is 2.63. The van der Waals surface area contributed by atoms with Gasteiger partial charge >= 0.3 is 5.97 Å². The van der Waals surface area contributed by atoms with Crippen molar-refractivity contribution in [2.45, 2.75) is 18.9 Å². The SMILES string of the molecule is COC(=O)C1C2CCC(C2=O)C1N. The van der Waals surface area contributed by atoms with Crippen molar-refractivity contribution >= 4 is 11.8 Å². The third-order valence-electron chi connectivity index (χ3n) is 3.31. The lowest BCUT2D eigenvalue weighted by Crippen LogP contribution is -2.40. The number of nitrogens with two attached hydrogens (primary N) is 1. The van der Waals surface area contributed by atoms with E-state index in [4.69, 9.17) is 5.73 Å². The molecule has 0 saturated heterocycles. The summed E-state index contributed by atoms with van der Waals surface area (Å²) in [4.78, 5) is 22.8. The number of Topliss-reactive ketones (excluding diaryl/α,β-unsaturated/α-hetero) is 1. The Labute approximate surface area is 76.4 Å². The molecule has 0 aliphatic heterocycles. The highest BCUT2D eigenvalue weighted by atomic mass is 16.5. The number of fused-ring (bicyclic) bond motifs is 2. The Balaban J connectivity index is 2.23. The van der Waals surface area contributed by atoms with Gasteiger partial charge in [0.25, 0.3) is 0 Å². The minimum atomic E-state index is -0.378. The average Bonchev–Trinajstić information content (AvgIpc) is 2.58. The third kappa shape index (κ3) is 1.01. The first-order valence-electron chi connectivity index (χ1n) is 4.54.